The van der Waals surface area contributed by atoms with Gasteiger partial charge in [-0.05, 0) is 25.0 Å². The number of hydrogen-bond donors (Lipinski definition) is 0. The smallest absolute Gasteiger partial charge is 0.355 e. The number of anilines is 1. The van der Waals surface area contributed by atoms with Crippen LogP contribution in [0.4, 0.5) is 19.0 Å². The van der Waals surface area contributed by atoms with Crippen molar-refractivity contribution in [2.45, 2.75) is 31.9 Å². The number of pyridine rings is 1. The molecule has 0 aliphatic carbocycles. The molecule has 126 valence electrons. The van der Waals surface area contributed by atoms with Crippen LogP contribution in [0.15, 0.2) is 16.7 Å². The maximum atomic E-state index is 12.9. The van der Waals surface area contributed by atoms with Crippen LogP contribution in [0.2, 0.25) is 0 Å². The molecule has 0 amide bonds. The van der Waals surface area contributed by atoms with Crippen LogP contribution in [0, 0.1) is 18.3 Å². The van der Waals surface area contributed by atoms with Crippen LogP contribution in [0.5, 0.6) is 0 Å². The largest absolute Gasteiger partial charge is 0.433 e. The van der Waals surface area contributed by atoms with Crippen LogP contribution in [0.25, 0.3) is 0 Å². The summed E-state index contributed by atoms with van der Waals surface area (Å²) < 4.78 is 43.7. The summed E-state index contributed by atoms with van der Waals surface area (Å²) in [6.45, 7) is 2.59. The lowest BCUT2D eigenvalue weighted by atomic mass is 9.97. The number of alkyl halides is 3. The number of rotatable bonds is 2. The molecular weight excluding hydrogens is 323 g/mol. The van der Waals surface area contributed by atoms with E-state index in [1.807, 2.05) is 6.07 Å². The van der Waals surface area contributed by atoms with E-state index < -0.39 is 11.9 Å². The van der Waals surface area contributed by atoms with Crippen molar-refractivity contribution in [1.82, 2.24) is 15.1 Å². The molecule has 1 aliphatic rings. The molecule has 1 saturated heterocycles. The molecule has 24 heavy (non-hydrogen) atoms. The first-order valence-corrected chi connectivity index (χ1v) is 7.42. The average Bonchev–Trinajstić information content (AvgIpc) is 3.00. The van der Waals surface area contributed by atoms with Gasteiger partial charge >= 0.3 is 6.18 Å². The highest BCUT2D eigenvalue weighted by Gasteiger charge is 2.34. The summed E-state index contributed by atoms with van der Waals surface area (Å²) in [5.74, 6) is 0.955. The molecule has 0 radical (unpaired) electrons. The third-order valence-electron chi connectivity index (χ3n) is 3.92. The highest BCUT2D eigenvalue weighted by molar-refractivity contribution is 5.55. The summed E-state index contributed by atoms with van der Waals surface area (Å²) in [4.78, 5) is 9.57. The first kappa shape index (κ1) is 16.2. The Morgan fingerprint density at radius 1 is 1.33 bits per heavy atom. The second-order valence-corrected chi connectivity index (χ2v) is 5.63. The molecule has 9 heteroatoms. The Balaban J connectivity index is 1.91. The van der Waals surface area contributed by atoms with Gasteiger partial charge in [0.2, 0.25) is 5.89 Å². The van der Waals surface area contributed by atoms with Gasteiger partial charge in [-0.3, -0.25) is 0 Å². The molecule has 1 fully saturated rings. The zero-order chi connectivity index (χ0) is 17.3. The minimum absolute atomic E-state index is 0.0530. The molecule has 0 saturated carbocycles. The van der Waals surface area contributed by atoms with Crippen LogP contribution in [-0.4, -0.2) is 28.2 Å². The van der Waals surface area contributed by atoms with Crippen LogP contribution in [0.3, 0.4) is 0 Å². The molecule has 1 atom stereocenters. The molecule has 1 aliphatic heterocycles. The second kappa shape index (κ2) is 6.11. The van der Waals surface area contributed by atoms with Gasteiger partial charge in [0.05, 0.1) is 5.56 Å². The highest BCUT2D eigenvalue weighted by Crippen LogP contribution is 2.33. The number of hydrogen-bond acceptors (Lipinski definition) is 6. The quantitative estimate of drug-likeness (QED) is 0.838. The molecule has 0 N–H and O–H groups in total. The van der Waals surface area contributed by atoms with Crippen molar-refractivity contribution in [2.24, 2.45) is 0 Å². The fourth-order valence-electron chi connectivity index (χ4n) is 2.80. The van der Waals surface area contributed by atoms with E-state index in [4.69, 9.17) is 4.52 Å². The van der Waals surface area contributed by atoms with Crippen molar-refractivity contribution in [3.63, 3.8) is 0 Å². The van der Waals surface area contributed by atoms with Gasteiger partial charge in [0.1, 0.15) is 17.6 Å². The maximum absolute atomic E-state index is 12.9. The number of nitrogens with zero attached hydrogens (tertiary/aromatic N) is 5. The average molecular weight is 337 g/mol. The minimum Gasteiger partial charge on any atom is -0.355 e. The Hall–Kier alpha value is -2.63. The molecule has 0 bridgehead atoms. The lowest BCUT2D eigenvalue weighted by Gasteiger charge is -2.32. The van der Waals surface area contributed by atoms with E-state index in [2.05, 4.69) is 15.1 Å². The molecule has 2 aromatic heterocycles. The normalized spacial score (nSPS) is 18.5. The van der Waals surface area contributed by atoms with Crippen LogP contribution < -0.4 is 4.90 Å². The van der Waals surface area contributed by atoms with Crippen LogP contribution >= 0.6 is 0 Å². The van der Waals surface area contributed by atoms with Gasteiger partial charge in [-0.15, -0.1) is 0 Å². The van der Waals surface area contributed by atoms with Crippen molar-refractivity contribution >= 4 is 5.82 Å². The molecule has 2 aromatic rings. The molecule has 3 heterocycles. The van der Waals surface area contributed by atoms with E-state index >= 15 is 0 Å². The van der Waals surface area contributed by atoms with Gasteiger partial charge in [-0.2, -0.15) is 23.4 Å². The fraction of sp³-hybridized carbons (Fsp3) is 0.467. The van der Waals surface area contributed by atoms with Gasteiger partial charge in [-0.1, -0.05) is 5.16 Å². The molecule has 6 nitrogen and oxygen atoms in total. The van der Waals surface area contributed by atoms with Crippen molar-refractivity contribution in [2.75, 3.05) is 18.0 Å². The van der Waals surface area contributed by atoms with Crippen molar-refractivity contribution < 1.29 is 17.7 Å². The summed E-state index contributed by atoms with van der Waals surface area (Å²) in [6, 6.07) is 3.89. The number of nitriles is 1. The minimum atomic E-state index is -4.55. The van der Waals surface area contributed by atoms with Crippen molar-refractivity contribution in [1.29, 1.82) is 5.26 Å². The zero-order valence-electron chi connectivity index (χ0n) is 12.8. The summed E-state index contributed by atoms with van der Waals surface area (Å²) in [7, 11) is 0. The summed E-state index contributed by atoms with van der Waals surface area (Å²) in [6.07, 6.45) is -3.01. The van der Waals surface area contributed by atoms with Crippen molar-refractivity contribution in [3.8, 4) is 6.07 Å². The van der Waals surface area contributed by atoms with Gasteiger partial charge in [0, 0.05) is 25.9 Å². The third kappa shape index (κ3) is 3.18. The lowest BCUT2D eigenvalue weighted by Crippen LogP contribution is -2.36. The highest BCUT2D eigenvalue weighted by atomic mass is 19.4. The van der Waals surface area contributed by atoms with Gasteiger partial charge < -0.3 is 9.42 Å². The summed E-state index contributed by atoms with van der Waals surface area (Å²) in [5.41, 5.74) is -0.887. The van der Waals surface area contributed by atoms with E-state index in [-0.39, 0.29) is 17.3 Å². The summed E-state index contributed by atoms with van der Waals surface area (Å²) >= 11 is 0. The topological polar surface area (TPSA) is 78.8 Å². The zero-order valence-corrected chi connectivity index (χ0v) is 12.8. The Morgan fingerprint density at radius 2 is 2.12 bits per heavy atom. The Labute approximate surface area is 135 Å². The molecule has 3 rings (SSSR count). The maximum Gasteiger partial charge on any atom is 0.433 e. The molecule has 0 unspecified atom stereocenters. The Bertz CT molecular complexity index is 780. The Kier molecular flexibility index (Phi) is 4.13. The van der Waals surface area contributed by atoms with E-state index in [1.54, 1.807) is 11.8 Å². The van der Waals surface area contributed by atoms with Gasteiger partial charge in [0.25, 0.3) is 0 Å². The predicted molar refractivity (Wildman–Crippen MR) is 77.2 cm³/mol. The molecular formula is C15H14F3N5O. The lowest BCUT2D eigenvalue weighted by molar-refractivity contribution is -0.141. The number of piperidine rings is 1. The number of aromatic nitrogens is 3. The monoisotopic (exact) mass is 337 g/mol. The van der Waals surface area contributed by atoms with Gasteiger partial charge in [-0.25, -0.2) is 4.98 Å². The van der Waals surface area contributed by atoms with E-state index in [0.717, 1.165) is 25.0 Å². The predicted octanol–water partition coefficient (Wildman–Crippen LogP) is 3.05. The van der Waals surface area contributed by atoms with Gasteiger partial charge in [0.15, 0.2) is 5.82 Å². The summed E-state index contributed by atoms with van der Waals surface area (Å²) in [5, 5.41) is 13.1. The van der Waals surface area contributed by atoms with Crippen molar-refractivity contribution in [3.05, 3.63) is 35.1 Å². The van der Waals surface area contributed by atoms with E-state index in [0.29, 0.717) is 24.8 Å². The van der Waals surface area contributed by atoms with E-state index in [9.17, 15) is 18.4 Å². The van der Waals surface area contributed by atoms with Crippen LogP contribution in [-0.2, 0) is 6.18 Å². The van der Waals surface area contributed by atoms with E-state index in [1.165, 1.54) is 0 Å². The SMILES string of the molecule is Cc1nc([C@H]2CCCN(c3nc(C(F)(F)F)ccc3C#N)C2)no1. The third-order valence-corrected chi connectivity index (χ3v) is 3.92. The first-order valence-electron chi connectivity index (χ1n) is 7.42. The number of halogens is 3. The van der Waals surface area contributed by atoms with Crippen LogP contribution in [0.1, 0.15) is 41.7 Å². The molecule has 0 spiro atoms. The molecule has 0 aromatic carbocycles. The standard InChI is InChI=1S/C15H14F3N5O/c1-9-20-13(22-24-9)11-3-2-6-23(8-11)14-10(7-19)4-5-12(21-14)15(16,17)18/h4-5,11H,2-3,6,8H2,1H3/t11-/m0/s1. The first-order chi connectivity index (χ1) is 11.4. The Morgan fingerprint density at radius 3 is 2.75 bits per heavy atom. The second-order valence-electron chi connectivity index (χ2n) is 5.63. The number of aryl methyl sites for hydroxylation is 1. The fourth-order valence-corrected chi connectivity index (χ4v) is 2.80.